The van der Waals surface area contributed by atoms with Gasteiger partial charge in [-0.05, 0) is 22.8 Å². The van der Waals surface area contributed by atoms with Crippen molar-refractivity contribution in [1.29, 1.82) is 0 Å². The van der Waals surface area contributed by atoms with E-state index >= 15 is 0 Å². The number of fused-ring (bicyclic) bond motifs is 1. The molecule has 0 aliphatic carbocycles. The summed E-state index contributed by atoms with van der Waals surface area (Å²) in [5.74, 6) is 0. The van der Waals surface area contributed by atoms with Gasteiger partial charge in [-0.3, -0.25) is 0 Å². The summed E-state index contributed by atoms with van der Waals surface area (Å²) < 4.78 is 12.3. The molecular weight excluding hydrogens is 214 g/mol. The van der Waals surface area contributed by atoms with Crippen LogP contribution in [0, 0.1) is 0 Å². The molecule has 1 heterocycles. The van der Waals surface area contributed by atoms with E-state index in [2.05, 4.69) is 4.98 Å². The fourth-order valence-corrected chi connectivity index (χ4v) is 2.71. The van der Waals surface area contributed by atoms with Crippen LogP contribution in [0.5, 0.6) is 0 Å². The van der Waals surface area contributed by atoms with E-state index < -0.39 is 10.0 Å². The zero-order chi connectivity index (χ0) is 8.55. The van der Waals surface area contributed by atoms with E-state index in [0.717, 1.165) is 10.2 Å². The number of aromatic nitrogens is 1. The average molecular weight is 218 g/mol. The Bertz CT molecular complexity index is 407. The first-order valence-electron chi connectivity index (χ1n) is 3.21. The maximum absolute atomic E-state index is 10.8. The van der Waals surface area contributed by atoms with Crippen molar-refractivity contribution in [2.24, 2.45) is 0 Å². The van der Waals surface area contributed by atoms with Crippen molar-refractivity contribution in [3.05, 3.63) is 24.3 Å². The summed E-state index contributed by atoms with van der Waals surface area (Å²) in [5.41, 5.74) is 0.853. The third-order valence-electron chi connectivity index (χ3n) is 1.41. The number of halogens is 1. The number of hydrogen-bond donors (Lipinski definition) is 0. The van der Waals surface area contributed by atoms with E-state index in [4.69, 9.17) is 10.7 Å². The number of rotatable bonds is 1. The van der Waals surface area contributed by atoms with Crippen LogP contribution in [0.4, 0.5) is 0 Å². The van der Waals surface area contributed by atoms with Gasteiger partial charge < -0.3 is 0 Å². The smallest absolute Gasteiger partial charge is 0.198 e. The van der Waals surface area contributed by atoms with Gasteiger partial charge in [-0.15, -0.1) is 11.3 Å². The fourth-order valence-electron chi connectivity index (χ4n) is 0.920. The van der Waals surface area contributed by atoms with Crippen LogP contribution in [0.15, 0.2) is 28.6 Å². The third kappa shape index (κ3) is 1.37. The highest BCUT2D eigenvalue weighted by molar-refractivity contribution is 8.09. The van der Waals surface area contributed by atoms with Crippen molar-refractivity contribution in [2.45, 2.75) is 4.34 Å². The van der Waals surface area contributed by atoms with Crippen LogP contribution in [0.3, 0.4) is 0 Å². The van der Waals surface area contributed by atoms with Crippen LogP contribution in [-0.2, 0) is 10.0 Å². The lowest BCUT2D eigenvalue weighted by Gasteiger charge is -1.80. The summed E-state index contributed by atoms with van der Waals surface area (Å²) in [5, 5.41) is 0. The first kappa shape index (κ1) is 8.16. The zero-order valence-corrected chi connectivity index (χ0v) is 8.25. The quantitative estimate of drug-likeness (QED) is 0.688. The predicted molar refractivity (Wildman–Crippen MR) is 51.9 cm³/mol. The standard InChI is InChI=1S/C7H4ClNOS2/c8-12(10)7-9-5-3-1-2-4-6(5)11-7/h1-4H/t12-/m1/s1. The molecule has 0 bridgehead atoms. The molecule has 0 saturated heterocycles. The molecule has 2 rings (SSSR count). The molecule has 1 atom stereocenters. The van der Waals surface area contributed by atoms with Gasteiger partial charge in [0.15, 0.2) is 14.4 Å². The van der Waals surface area contributed by atoms with Crippen LogP contribution in [0.1, 0.15) is 0 Å². The Hall–Kier alpha value is -0.450. The van der Waals surface area contributed by atoms with Gasteiger partial charge in [-0.2, -0.15) is 0 Å². The summed E-state index contributed by atoms with van der Waals surface area (Å²) in [6.45, 7) is 0. The van der Waals surface area contributed by atoms with Crippen LogP contribution < -0.4 is 0 Å². The Labute approximate surface area is 80.2 Å². The minimum absolute atomic E-state index is 0.470. The Morgan fingerprint density at radius 1 is 1.42 bits per heavy atom. The Morgan fingerprint density at radius 3 is 2.83 bits per heavy atom. The van der Waals surface area contributed by atoms with E-state index in [0.29, 0.717) is 4.34 Å². The largest absolute Gasteiger partial charge is 0.235 e. The highest BCUT2D eigenvalue weighted by atomic mass is 35.7. The zero-order valence-electron chi connectivity index (χ0n) is 5.86. The predicted octanol–water partition coefficient (Wildman–Crippen LogP) is 2.56. The Kier molecular flexibility index (Phi) is 2.12. The summed E-state index contributed by atoms with van der Waals surface area (Å²) in [7, 11) is 3.91. The van der Waals surface area contributed by atoms with Crippen molar-refractivity contribution >= 4 is 42.2 Å². The summed E-state index contributed by atoms with van der Waals surface area (Å²) in [6, 6.07) is 7.61. The molecule has 0 unspecified atom stereocenters. The van der Waals surface area contributed by atoms with Crippen molar-refractivity contribution in [3.63, 3.8) is 0 Å². The van der Waals surface area contributed by atoms with E-state index in [1.807, 2.05) is 24.3 Å². The molecule has 62 valence electrons. The SMILES string of the molecule is O=[S@@](Cl)c1nc2ccccc2s1. The number of para-hydroxylation sites is 1. The molecule has 0 spiro atoms. The molecular formula is C7H4ClNOS2. The molecule has 0 fully saturated rings. The van der Waals surface area contributed by atoms with E-state index in [1.165, 1.54) is 11.3 Å². The number of thiazole rings is 1. The molecule has 1 aromatic carbocycles. The fraction of sp³-hybridized carbons (Fsp3) is 0. The van der Waals surface area contributed by atoms with Gasteiger partial charge >= 0.3 is 0 Å². The molecule has 12 heavy (non-hydrogen) atoms. The van der Waals surface area contributed by atoms with Gasteiger partial charge in [0.1, 0.15) is 0 Å². The van der Waals surface area contributed by atoms with Gasteiger partial charge in [-0.25, -0.2) is 9.19 Å². The normalized spacial score (nSPS) is 13.4. The van der Waals surface area contributed by atoms with Crippen molar-refractivity contribution in [2.75, 3.05) is 0 Å². The van der Waals surface area contributed by atoms with Crippen molar-refractivity contribution in [1.82, 2.24) is 4.98 Å². The number of hydrogen-bond acceptors (Lipinski definition) is 3. The second-order valence-corrected chi connectivity index (χ2v) is 5.13. The first-order valence-corrected chi connectivity index (χ1v) is 6.00. The van der Waals surface area contributed by atoms with E-state index in [-0.39, 0.29) is 0 Å². The lowest BCUT2D eigenvalue weighted by atomic mass is 10.3. The van der Waals surface area contributed by atoms with Crippen LogP contribution in [0.25, 0.3) is 10.2 Å². The molecule has 0 saturated carbocycles. The molecule has 0 N–H and O–H groups in total. The maximum atomic E-state index is 10.8. The van der Waals surface area contributed by atoms with E-state index in [9.17, 15) is 4.21 Å². The van der Waals surface area contributed by atoms with Gasteiger partial charge in [0, 0.05) is 0 Å². The number of benzene rings is 1. The lowest BCUT2D eigenvalue weighted by molar-refractivity contribution is 0.691. The Morgan fingerprint density at radius 2 is 2.17 bits per heavy atom. The lowest BCUT2D eigenvalue weighted by Crippen LogP contribution is -1.76. The molecule has 2 aromatic rings. The molecule has 5 heteroatoms. The first-order chi connectivity index (χ1) is 5.77. The molecule has 0 aliphatic rings. The second-order valence-electron chi connectivity index (χ2n) is 2.17. The molecule has 2 nitrogen and oxygen atoms in total. The highest BCUT2D eigenvalue weighted by Crippen LogP contribution is 2.24. The molecule has 0 aliphatic heterocycles. The van der Waals surface area contributed by atoms with Gasteiger partial charge in [0.25, 0.3) is 0 Å². The Balaban J connectivity index is 2.70. The van der Waals surface area contributed by atoms with E-state index in [1.54, 1.807) is 0 Å². The minimum atomic E-state index is -1.48. The van der Waals surface area contributed by atoms with Gasteiger partial charge in [0.05, 0.1) is 10.2 Å². The average Bonchev–Trinajstić information content (AvgIpc) is 2.46. The summed E-state index contributed by atoms with van der Waals surface area (Å²) in [4.78, 5) is 4.10. The molecule has 0 radical (unpaired) electrons. The van der Waals surface area contributed by atoms with Crippen LogP contribution >= 0.6 is 22.0 Å². The van der Waals surface area contributed by atoms with Gasteiger partial charge in [0.2, 0.25) is 0 Å². The monoisotopic (exact) mass is 217 g/mol. The number of nitrogens with zero attached hydrogens (tertiary/aromatic N) is 1. The van der Waals surface area contributed by atoms with Crippen molar-refractivity contribution < 1.29 is 4.21 Å². The topological polar surface area (TPSA) is 30.0 Å². The second kappa shape index (κ2) is 3.12. The molecule has 1 aromatic heterocycles. The van der Waals surface area contributed by atoms with Crippen molar-refractivity contribution in [3.8, 4) is 0 Å². The van der Waals surface area contributed by atoms with Crippen LogP contribution in [-0.4, -0.2) is 9.19 Å². The maximum Gasteiger partial charge on any atom is 0.198 e. The van der Waals surface area contributed by atoms with Crippen LogP contribution in [0.2, 0.25) is 0 Å². The highest BCUT2D eigenvalue weighted by Gasteiger charge is 2.06. The minimum Gasteiger partial charge on any atom is -0.235 e. The van der Waals surface area contributed by atoms with Gasteiger partial charge in [-0.1, -0.05) is 12.1 Å². The summed E-state index contributed by atoms with van der Waals surface area (Å²) in [6.07, 6.45) is 0. The molecule has 0 amide bonds. The third-order valence-corrected chi connectivity index (χ3v) is 4.03. The summed E-state index contributed by atoms with van der Waals surface area (Å²) >= 11 is 1.36.